The molecule has 0 aliphatic carbocycles. The maximum atomic E-state index is 12.9. The van der Waals surface area contributed by atoms with Crippen molar-refractivity contribution in [2.24, 2.45) is 0 Å². The highest BCUT2D eigenvalue weighted by molar-refractivity contribution is 6.30. The lowest BCUT2D eigenvalue weighted by atomic mass is 10.0. The first kappa shape index (κ1) is 23.5. The molecule has 1 saturated heterocycles. The minimum atomic E-state index is -0.505. The van der Waals surface area contributed by atoms with Crippen molar-refractivity contribution in [2.75, 3.05) is 26.2 Å². The predicted molar refractivity (Wildman–Crippen MR) is 116 cm³/mol. The van der Waals surface area contributed by atoms with E-state index in [9.17, 15) is 9.59 Å². The molecular weight excluding hydrogens is 390 g/mol. The number of likely N-dealkylation sites (tertiary alicyclic amines) is 1. The Morgan fingerprint density at radius 2 is 1.83 bits per heavy atom. The largest absolute Gasteiger partial charge is 0.444 e. The number of carbonyl (C=O) groups is 2. The summed E-state index contributed by atoms with van der Waals surface area (Å²) >= 11 is 6.00. The fraction of sp³-hybridized carbons (Fsp3) is 0.636. The molecule has 0 radical (unpaired) electrons. The SMILES string of the molecule is CCCNCC(=O)N(Cc1ccc(Cl)cc1)C1CCN(C(=O)OC(C)(C)C)CC1. The van der Waals surface area contributed by atoms with E-state index in [-0.39, 0.29) is 18.0 Å². The second-order valence-corrected chi connectivity index (χ2v) is 8.96. The lowest BCUT2D eigenvalue weighted by molar-refractivity contribution is -0.134. The zero-order valence-corrected chi connectivity index (χ0v) is 18.8. The summed E-state index contributed by atoms with van der Waals surface area (Å²) in [6.07, 6.45) is 2.19. The number of ether oxygens (including phenoxy) is 1. The molecule has 1 N–H and O–H groups in total. The van der Waals surface area contributed by atoms with Crippen molar-refractivity contribution >= 4 is 23.6 Å². The van der Waals surface area contributed by atoms with Gasteiger partial charge in [-0.05, 0) is 64.3 Å². The van der Waals surface area contributed by atoms with Gasteiger partial charge >= 0.3 is 6.09 Å². The summed E-state index contributed by atoms with van der Waals surface area (Å²) in [7, 11) is 0. The fourth-order valence-electron chi connectivity index (χ4n) is 3.37. The Kier molecular flexibility index (Phi) is 8.78. The van der Waals surface area contributed by atoms with Crippen LogP contribution in [0.1, 0.15) is 52.5 Å². The number of halogens is 1. The molecule has 2 amide bonds. The normalized spacial score (nSPS) is 15.3. The summed E-state index contributed by atoms with van der Waals surface area (Å²) < 4.78 is 5.48. The second-order valence-electron chi connectivity index (χ2n) is 8.52. The van der Waals surface area contributed by atoms with Gasteiger partial charge in [-0.3, -0.25) is 4.79 Å². The van der Waals surface area contributed by atoms with Crippen LogP contribution in [0.5, 0.6) is 0 Å². The van der Waals surface area contributed by atoms with Crippen LogP contribution in [0.15, 0.2) is 24.3 Å². The number of amides is 2. The van der Waals surface area contributed by atoms with Crippen LogP contribution in [0.3, 0.4) is 0 Å². The standard InChI is InChI=1S/C22H34ClN3O3/c1-5-12-24-15-20(27)26(16-17-6-8-18(23)9-7-17)19-10-13-25(14-11-19)21(28)29-22(2,3)4/h6-9,19,24H,5,10-16H2,1-4H3. The van der Waals surface area contributed by atoms with Crippen LogP contribution in [0, 0.1) is 0 Å². The molecule has 1 aromatic rings. The van der Waals surface area contributed by atoms with Crippen LogP contribution < -0.4 is 5.32 Å². The third-order valence-electron chi connectivity index (χ3n) is 4.85. The number of rotatable bonds is 7. The molecular formula is C22H34ClN3O3. The molecule has 1 aliphatic heterocycles. The van der Waals surface area contributed by atoms with Crippen LogP contribution in [-0.4, -0.2) is 59.6 Å². The van der Waals surface area contributed by atoms with E-state index >= 15 is 0 Å². The third-order valence-corrected chi connectivity index (χ3v) is 5.10. The number of hydrogen-bond acceptors (Lipinski definition) is 4. The molecule has 6 nitrogen and oxygen atoms in total. The Labute approximate surface area is 179 Å². The minimum Gasteiger partial charge on any atom is -0.444 e. The molecule has 162 valence electrons. The molecule has 0 bridgehead atoms. The van der Waals surface area contributed by atoms with Crippen molar-refractivity contribution in [1.82, 2.24) is 15.1 Å². The first-order chi connectivity index (χ1) is 13.7. The Bertz CT molecular complexity index is 665. The predicted octanol–water partition coefficient (Wildman–Crippen LogP) is 4.07. The molecule has 0 saturated carbocycles. The van der Waals surface area contributed by atoms with Gasteiger partial charge in [-0.25, -0.2) is 4.79 Å². The molecule has 29 heavy (non-hydrogen) atoms. The quantitative estimate of drug-likeness (QED) is 0.671. The van der Waals surface area contributed by atoms with Crippen LogP contribution in [0.2, 0.25) is 5.02 Å². The molecule has 1 heterocycles. The smallest absolute Gasteiger partial charge is 0.410 e. The Hall–Kier alpha value is -1.79. The van der Waals surface area contributed by atoms with Gasteiger partial charge < -0.3 is 19.9 Å². The fourth-order valence-corrected chi connectivity index (χ4v) is 3.49. The summed E-state index contributed by atoms with van der Waals surface area (Å²) in [5, 5.41) is 3.89. The van der Waals surface area contributed by atoms with Gasteiger partial charge in [0.15, 0.2) is 0 Å². The van der Waals surface area contributed by atoms with Crippen LogP contribution >= 0.6 is 11.6 Å². The van der Waals surface area contributed by atoms with Crippen LogP contribution in [0.4, 0.5) is 4.79 Å². The summed E-state index contributed by atoms with van der Waals surface area (Å²) in [6, 6.07) is 7.70. The van der Waals surface area contributed by atoms with E-state index in [1.54, 1.807) is 4.90 Å². The van der Waals surface area contributed by atoms with E-state index in [1.807, 2.05) is 49.9 Å². The Balaban J connectivity index is 2.01. The molecule has 0 spiro atoms. The van der Waals surface area contributed by atoms with E-state index in [0.29, 0.717) is 31.2 Å². The number of carbonyl (C=O) groups excluding carboxylic acids is 2. The summed E-state index contributed by atoms with van der Waals surface area (Å²) in [6.45, 7) is 10.6. The third kappa shape index (κ3) is 7.86. The number of piperidine rings is 1. The van der Waals surface area contributed by atoms with E-state index in [0.717, 1.165) is 31.4 Å². The highest BCUT2D eigenvalue weighted by Crippen LogP contribution is 2.22. The van der Waals surface area contributed by atoms with Crippen molar-refractivity contribution in [3.05, 3.63) is 34.9 Å². The lowest BCUT2D eigenvalue weighted by Gasteiger charge is -2.39. The molecule has 7 heteroatoms. The van der Waals surface area contributed by atoms with Gasteiger partial charge in [0.05, 0.1) is 6.54 Å². The summed E-state index contributed by atoms with van der Waals surface area (Å²) in [5.41, 5.74) is 0.544. The maximum absolute atomic E-state index is 12.9. The first-order valence-electron chi connectivity index (χ1n) is 10.4. The molecule has 2 rings (SSSR count). The van der Waals surface area contributed by atoms with Crippen molar-refractivity contribution in [3.8, 4) is 0 Å². The Morgan fingerprint density at radius 1 is 1.21 bits per heavy atom. The lowest BCUT2D eigenvalue weighted by Crippen LogP contribution is -2.51. The van der Waals surface area contributed by atoms with Gasteiger partial charge in [0.25, 0.3) is 0 Å². The second kappa shape index (κ2) is 10.8. The van der Waals surface area contributed by atoms with Crippen LogP contribution in [0.25, 0.3) is 0 Å². The highest BCUT2D eigenvalue weighted by atomic mass is 35.5. The van der Waals surface area contributed by atoms with Gasteiger partial charge in [0.1, 0.15) is 5.60 Å². The van der Waals surface area contributed by atoms with Gasteiger partial charge in [-0.2, -0.15) is 0 Å². The number of hydrogen-bond donors (Lipinski definition) is 1. The van der Waals surface area contributed by atoms with E-state index in [1.165, 1.54) is 0 Å². The number of benzene rings is 1. The molecule has 0 aromatic heterocycles. The van der Waals surface area contributed by atoms with Gasteiger partial charge in [0, 0.05) is 30.7 Å². The van der Waals surface area contributed by atoms with Gasteiger partial charge in [-0.15, -0.1) is 0 Å². The van der Waals surface area contributed by atoms with E-state index in [4.69, 9.17) is 16.3 Å². The zero-order chi connectivity index (χ0) is 21.4. The highest BCUT2D eigenvalue weighted by Gasteiger charge is 2.31. The summed E-state index contributed by atoms with van der Waals surface area (Å²) in [5.74, 6) is 0.0871. The molecule has 1 fully saturated rings. The topological polar surface area (TPSA) is 61.9 Å². The first-order valence-corrected chi connectivity index (χ1v) is 10.8. The minimum absolute atomic E-state index is 0.0871. The van der Waals surface area contributed by atoms with Gasteiger partial charge in [0.2, 0.25) is 5.91 Å². The van der Waals surface area contributed by atoms with E-state index in [2.05, 4.69) is 12.2 Å². The summed E-state index contributed by atoms with van der Waals surface area (Å²) in [4.78, 5) is 28.9. The van der Waals surface area contributed by atoms with Crippen LogP contribution in [-0.2, 0) is 16.1 Å². The number of nitrogens with one attached hydrogen (secondary N) is 1. The molecule has 1 aliphatic rings. The van der Waals surface area contributed by atoms with Gasteiger partial charge in [-0.1, -0.05) is 30.7 Å². The van der Waals surface area contributed by atoms with Crippen molar-refractivity contribution in [2.45, 2.75) is 65.1 Å². The Morgan fingerprint density at radius 3 is 2.38 bits per heavy atom. The monoisotopic (exact) mass is 423 g/mol. The average molecular weight is 424 g/mol. The van der Waals surface area contributed by atoms with Crippen molar-refractivity contribution in [1.29, 1.82) is 0 Å². The molecule has 1 aromatic carbocycles. The average Bonchev–Trinajstić information content (AvgIpc) is 2.66. The molecule has 0 unspecified atom stereocenters. The van der Waals surface area contributed by atoms with Crippen molar-refractivity contribution in [3.63, 3.8) is 0 Å². The van der Waals surface area contributed by atoms with Crippen molar-refractivity contribution < 1.29 is 14.3 Å². The van der Waals surface area contributed by atoms with E-state index < -0.39 is 5.60 Å². The maximum Gasteiger partial charge on any atom is 0.410 e. The zero-order valence-electron chi connectivity index (χ0n) is 18.0. The number of nitrogens with zero attached hydrogens (tertiary/aromatic N) is 2. The molecule has 0 atom stereocenters.